The van der Waals surface area contributed by atoms with E-state index in [0.717, 1.165) is 10.0 Å². The topological polar surface area (TPSA) is 38.7 Å². The van der Waals surface area contributed by atoms with Gasteiger partial charge in [-0.05, 0) is 17.7 Å². The van der Waals surface area contributed by atoms with Crippen LogP contribution in [0.1, 0.15) is 11.7 Å². The summed E-state index contributed by atoms with van der Waals surface area (Å²) in [6.07, 6.45) is -0.863. The summed E-state index contributed by atoms with van der Waals surface area (Å²) in [5.41, 5.74) is 0.855. The van der Waals surface area contributed by atoms with E-state index in [1.807, 2.05) is 24.3 Å². The van der Waals surface area contributed by atoms with Crippen LogP contribution < -0.4 is 0 Å². The lowest BCUT2D eigenvalue weighted by Crippen LogP contribution is -2.33. The summed E-state index contributed by atoms with van der Waals surface area (Å²) < 4.78 is 11.7. The number of aliphatic hydroxyl groups excluding tert-OH is 1. The Balaban J connectivity index is 2.05. The normalized spacial score (nSPS) is 23.7. The van der Waals surface area contributed by atoms with Gasteiger partial charge in [0.05, 0.1) is 19.8 Å². The van der Waals surface area contributed by atoms with E-state index in [-0.39, 0.29) is 6.10 Å². The Hall–Kier alpha value is -0.420. The van der Waals surface area contributed by atoms with E-state index in [0.29, 0.717) is 19.8 Å². The van der Waals surface area contributed by atoms with Gasteiger partial charge in [0.15, 0.2) is 0 Å². The van der Waals surface area contributed by atoms with Gasteiger partial charge >= 0.3 is 0 Å². The Kier molecular flexibility index (Phi) is 3.75. The molecule has 0 aliphatic carbocycles. The minimum Gasteiger partial charge on any atom is -0.386 e. The zero-order chi connectivity index (χ0) is 10.7. The summed E-state index contributed by atoms with van der Waals surface area (Å²) in [6, 6.07) is 7.57. The summed E-state index contributed by atoms with van der Waals surface area (Å²) in [7, 11) is 0. The summed E-state index contributed by atoms with van der Waals surface area (Å²) in [4.78, 5) is 0. The third kappa shape index (κ3) is 2.78. The predicted molar refractivity (Wildman–Crippen MR) is 59.7 cm³/mol. The Labute approximate surface area is 97.1 Å². The molecular weight excluding hydrogens is 260 g/mol. The highest BCUT2D eigenvalue weighted by Crippen LogP contribution is 2.22. The predicted octanol–water partition coefficient (Wildman–Crippen LogP) is 1.90. The summed E-state index contributed by atoms with van der Waals surface area (Å²) >= 11 is 3.35. The Morgan fingerprint density at radius 2 is 2.00 bits per heavy atom. The number of hydrogen-bond acceptors (Lipinski definition) is 3. The van der Waals surface area contributed by atoms with Gasteiger partial charge in [0.2, 0.25) is 0 Å². The fraction of sp³-hybridized carbons (Fsp3) is 0.455. The van der Waals surface area contributed by atoms with E-state index in [1.54, 1.807) is 0 Å². The monoisotopic (exact) mass is 272 g/mol. The van der Waals surface area contributed by atoms with E-state index < -0.39 is 6.10 Å². The van der Waals surface area contributed by atoms with Gasteiger partial charge in [-0.25, -0.2) is 0 Å². The number of halogens is 1. The fourth-order valence-corrected chi connectivity index (χ4v) is 1.83. The van der Waals surface area contributed by atoms with Gasteiger partial charge in [0.25, 0.3) is 0 Å². The molecule has 0 spiro atoms. The lowest BCUT2D eigenvalue weighted by atomic mass is 10.0. The molecule has 0 bridgehead atoms. The molecule has 1 aliphatic rings. The molecule has 0 aromatic heterocycles. The lowest BCUT2D eigenvalue weighted by molar-refractivity contribution is -0.133. The molecule has 1 fully saturated rings. The second kappa shape index (κ2) is 5.07. The third-order valence-corrected chi connectivity index (χ3v) is 2.93. The number of ether oxygens (including phenoxy) is 2. The van der Waals surface area contributed by atoms with E-state index in [4.69, 9.17) is 9.47 Å². The van der Waals surface area contributed by atoms with E-state index in [1.165, 1.54) is 0 Å². The van der Waals surface area contributed by atoms with Crippen LogP contribution in [0.15, 0.2) is 28.7 Å². The van der Waals surface area contributed by atoms with Gasteiger partial charge in [-0.3, -0.25) is 0 Å². The molecular formula is C11H13BrO3. The van der Waals surface area contributed by atoms with Crippen LogP contribution in [0.5, 0.6) is 0 Å². The number of hydrogen-bond donors (Lipinski definition) is 1. The second-order valence-corrected chi connectivity index (χ2v) is 4.40. The first-order valence-electron chi connectivity index (χ1n) is 4.90. The fourth-order valence-electron chi connectivity index (χ4n) is 1.56. The van der Waals surface area contributed by atoms with Crippen molar-refractivity contribution in [2.75, 3.05) is 19.8 Å². The van der Waals surface area contributed by atoms with Gasteiger partial charge in [-0.1, -0.05) is 28.1 Å². The molecule has 1 saturated heterocycles. The van der Waals surface area contributed by atoms with E-state index >= 15 is 0 Å². The summed E-state index contributed by atoms with van der Waals surface area (Å²) in [6.45, 7) is 1.62. The van der Waals surface area contributed by atoms with Crippen molar-refractivity contribution in [3.63, 3.8) is 0 Å². The molecule has 1 aromatic carbocycles. The highest BCUT2D eigenvalue weighted by molar-refractivity contribution is 9.10. The molecule has 1 aliphatic heterocycles. The maximum Gasteiger partial charge on any atom is 0.111 e. The molecule has 2 rings (SSSR count). The Morgan fingerprint density at radius 1 is 1.27 bits per heavy atom. The van der Waals surface area contributed by atoms with Crippen LogP contribution in [-0.4, -0.2) is 31.0 Å². The van der Waals surface area contributed by atoms with Crippen LogP contribution in [0.3, 0.4) is 0 Å². The zero-order valence-electron chi connectivity index (χ0n) is 8.23. The van der Waals surface area contributed by atoms with Crippen molar-refractivity contribution >= 4 is 15.9 Å². The number of aliphatic hydroxyl groups is 1. The molecule has 1 N–H and O–H groups in total. The Morgan fingerprint density at radius 3 is 2.60 bits per heavy atom. The molecule has 1 heterocycles. The smallest absolute Gasteiger partial charge is 0.111 e. The highest BCUT2D eigenvalue weighted by Gasteiger charge is 2.24. The lowest BCUT2D eigenvalue weighted by Gasteiger charge is -2.27. The van der Waals surface area contributed by atoms with Crippen molar-refractivity contribution in [2.24, 2.45) is 0 Å². The van der Waals surface area contributed by atoms with Crippen LogP contribution in [0.2, 0.25) is 0 Å². The quantitative estimate of drug-likeness (QED) is 0.894. The van der Waals surface area contributed by atoms with Crippen molar-refractivity contribution in [2.45, 2.75) is 12.2 Å². The van der Waals surface area contributed by atoms with E-state index in [2.05, 4.69) is 15.9 Å². The molecule has 0 saturated carbocycles. The van der Waals surface area contributed by atoms with Gasteiger partial charge in [-0.2, -0.15) is 0 Å². The van der Waals surface area contributed by atoms with Crippen LogP contribution >= 0.6 is 15.9 Å². The summed E-state index contributed by atoms with van der Waals surface area (Å²) in [5.74, 6) is 0. The average molecular weight is 273 g/mol. The minimum absolute atomic E-state index is 0.250. The first-order chi connectivity index (χ1) is 7.27. The molecule has 2 unspecified atom stereocenters. The molecule has 0 radical (unpaired) electrons. The number of rotatable bonds is 2. The molecule has 3 nitrogen and oxygen atoms in total. The molecule has 1 aromatic rings. The van der Waals surface area contributed by atoms with Crippen LogP contribution in [-0.2, 0) is 9.47 Å². The van der Waals surface area contributed by atoms with Crippen molar-refractivity contribution in [3.8, 4) is 0 Å². The SMILES string of the molecule is OC(c1ccc(Br)cc1)C1COCCO1. The van der Waals surface area contributed by atoms with Gasteiger partial charge < -0.3 is 14.6 Å². The maximum atomic E-state index is 10.0. The molecule has 15 heavy (non-hydrogen) atoms. The second-order valence-electron chi connectivity index (χ2n) is 3.48. The third-order valence-electron chi connectivity index (χ3n) is 2.41. The minimum atomic E-state index is -0.613. The number of benzene rings is 1. The van der Waals surface area contributed by atoms with Crippen molar-refractivity contribution in [1.82, 2.24) is 0 Å². The molecule has 0 amide bonds. The van der Waals surface area contributed by atoms with Crippen molar-refractivity contribution in [1.29, 1.82) is 0 Å². The average Bonchev–Trinajstić information content (AvgIpc) is 2.30. The first-order valence-corrected chi connectivity index (χ1v) is 5.69. The molecule has 82 valence electrons. The first kappa shape index (κ1) is 11.1. The van der Waals surface area contributed by atoms with Gasteiger partial charge in [-0.15, -0.1) is 0 Å². The maximum absolute atomic E-state index is 10.0. The van der Waals surface area contributed by atoms with Crippen LogP contribution in [0.4, 0.5) is 0 Å². The molecule has 4 heteroatoms. The van der Waals surface area contributed by atoms with Crippen molar-refractivity contribution < 1.29 is 14.6 Å². The highest BCUT2D eigenvalue weighted by atomic mass is 79.9. The largest absolute Gasteiger partial charge is 0.386 e. The van der Waals surface area contributed by atoms with Gasteiger partial charge in [0.1, 0.15) is 12.2 Å². The molecule has 2 atom stereocenters. The standard InChI is InChI=1S/C11H13BrO3/c12-9-3-1-8(2-4-9)11(13)10-7-14-5-6-15-10/h1-4,10-11,13H,5-7H2. The van der Waals surface area contributed by atoms with Crippen LogP contribution in [0.25, 0.3) is 0 Å². The van der Waals surface area contributed by atoms with E-state index in [9.17, 15) is 5.11 Å². The Bertz CT molecular complexity index is 306. The van der Waals surface area contributed by atoms with Crippen molar-refractivity contribution in [3.05, 3.63) is 34.3 Å². The zero-order valence-corrected chi connectivity index (χ0v) is 9.81. The van der Waals surface area contributed by atoms with Gasteiger partial charge in [0, 0.05) is 4.47 Å². The summed E-state index contributed by atoms with van der Waals surface area (Å²) in [5, 5.41) is 10.0. The van der Waals surface area contributed by atoms with Crippen LogP contribution in [0, 0.1) is 0 Å².